The number of hydrogen-bond acceptors (Lipinski definition) is 10. The molecule has 2 aromatic heterocycles. The number of aromatic nitrogens is 4. The van der Waals surface area contributed by atoms with Gasteiger partial charge in [0.25, 0.3) is 0 Å². The highest BCUT2D eigenvalue weighted by atomic mass is 32.2. The normalized spacial score (nSPS) is 23.9. The predicted octanol–water partition coefficient (Wildman–Crippen LogP) is 0.681. The van der Waals surface area contributed by atoms with Crippen molar-refractivity contribution in [3.05, 3.63) is 18.0 Å². The van der Waals surface area contributed by atoms with Crippen LogP contribution in [0.3, 0.4) is 0 Å². The summed E-state index contributed by atoms with van der Waals surface area (Å²) in [6.07, 6.45) is 7.76. The molecule has 2 aromatic rings. The van der Waals surface area contributed by atoms with E-state index in [9.17, 15) is 8.42 Å². The molecule has 2 atom stereocenters. The summed E-state index contributed by atoms with van der Waals surface area (Å²) in [7, 11) is -3.03. The van der Waals surface area contributed by atoms with E-state index in [0.29, 0.717) is 32.0 Å². The van der Waals surface area contributed by atoms with Gasteiger partial charge in [-0.15, -0.1) is 0 Å². The third-order valence-electron chi connectivity index (χ3n) is 6.49. The number of ether oxygens (including phenoxy) is 1. The summed E-state index contributed by atoms with van der Waals surface area (Å²) in [6.45, 7) is 3.55. The number of fused-ring (bicyclic) bond motifs is 1. The number of morpholine rings is 1. The van der Waals surface area contributed by atoms with E-state index in [1.807, 2.05) is 0 Å². The van der Waals surface area contributed by atoms with Crippen molar-refractivity contribution in [1.82, 2.24) is 19.9 Å². The zero-order valence-electron chi connectivity index (χ0n) is 17.6. The number of hydrogen-bond donors (Lipinski definition) is 1. The Balaban J connectivity index is 1.54. The maximum absolute atomic E-state index is 12.1. The molecule has 1 saturated heterocycles. The van der Waals surface area contributed by atoms with E-state index in [0.717, 1.165) is 55.1 Å². The van der Waals surface area contributed by atoms with E-state index in [1.165, 1.54) is 6.26 Å². The molecule has 1 aliphatic carbocycles. The molecule has 0 spiro atoms. The largest absolute Gasteiger partial charge is 0.378 e. The molecule has 0 amide bonds. The highest BCUT2D eigenvalue weighted by molar-refractivity contribution is 7.91. The van der Waals surface area contributed by atoms with Crippen molar-refractivity contribution in [3.63, 3.8) is 0 Å². The molecule has 1 saturated carbocycles. The van der Waals surface area contributed by atoms with Crippen LogP contribution < -0.4 is 15.5 Å². The van der Waals surface area contributed by atoms with Crippen molar-refractivity contribution in [2.24, 2.45) is 0 Å². The van der Waals surface area contributed by atoms with Crippen molar-refractivity contribution < 1.29 is 13.2 Å². The Bertz CT molecular complexity index is 1070. The van der Waals surface area contributed by atoms with E-state index in [-0.39, 0.29) is 17.2 Å². The first kappa shape index (κ1) is 20.4. The summed E-state index contributed by atoms with van der Waals surface area (Å²) in [5, 5.41) is -0.271. The molecule has 4 heterocycles. The van der Waals surface area contributed by atoms with Gasteiger partial charge in [-0.1, -0.05) is 0 Å². The lowest BCUT2D eigenvalue weighted by atomic mass is 10.1. The van der Waals surface area contributed by atoms with Gasteiger partial charge in [0, 0.05) is 55.5 Å². The molecular weight excluding hydrogens is 418 g/mol. The van der Waals surface area contributed by atoms with Gasteiger partial charge in [-0.3, -0.25) is 0 Å². The summed E-state index contributed by atoms with van der Waals surface area (Å²) in [4.78, 5) is 22.6. The van der Waals surface area contributed by atoms with Crippen molar-refractivity contribution >= 4 is 27.6 Å². The number of rotatable bonds is 4. The quantitative estimate of drug-likeness (QED) is 0.717. The fourth-order valence-corrected chi connectivity index (χ4v) is 5.95. The van der Waals surface area contributed by atoms with Crippen molar-refractivity contribution in [1.29, 1.82) is 0 Å². The molecule has 5 rings (SSSR count). The second kappa shape index (κ2) is 7.86. The first-order valence-electron chi connectivity index (χ1n) is 10.7. The second-order valence-corrected chi connectivity index (χ2v) is 10.8. The predicted molar refractivity (Wildman–Crippen MR) is 118 cm³/mol. The third-order valence-corrected chi connectivity index (χ3v) is 8.13. The van der Waals surface area contributed by atoms with E-state index in [4.69, 9.17) is 20.4 Å². The summed E-state index contributed by atoms with van der Waals surface area (Å²) in [6, 6.07) is 0.170. The van der Waals surface area contributed by atoms with Crippen LogP contribution in [0.4, 0.5) is 17.7 Å². The molecule has 0 bridgehead atoms. The zero-order chi connectivity index (χ0) is 21.6. The van der Waals surface area contributed by atoms with Gasteiger partial charge in [0.05, 0.1) is 24.2 Å². The minimum atomic E-state index is -3.03. The van der Waals surface area contributed by atoms with Gasteiger partial charge in [0.15, 0.2) is 0 Å². The highest BCUT2D eigenvalue weighted by Gasteiger charge is 2.39. The van der Waals surface area contributed by atoms with Crippen molar-refractivity contribution in [3.8, 4) is 11.3 Å². The lowest BCUT2D eigenvalue weighted by molar-refractivity contribution is 0.122. The van der Waals surface area contributed by atoms with Crippen LogP contribution in [0.1, 0.15) is 24.8 Å². The van der Waals surface area contributed by atoms with Gasteiger partial charge in [0.2, 0.25) is 11.9 Å². The van der Waals surface area contributed by atoms with Crippen LogP contribution in [0.5, 0.6) is 0 Å². The number of nitrogen functional groups attached to an aromatic ring is 1. The van der Waals surface area contributed by atoms with Crippen molar-refractivity contribution in [2.45, 2.75) is 37.0 Å². The molecule has 0 radical (unpaired) electrons. The van der Waals surface area contributed by atoms with Gasteiger partial charge >= 0.3 is 0 Å². The van der Waals surface area contributed by atoms with Gasteiger partial charge in [-0.2, -0.15) is 4.98 Å². The van der Waals surface area contributed by atoms with Crippen molar-refractivity contribution in [2.75, 3.05) is 54.6 Å². The van der Waals surface area contributed by atoms with E-state index < -0.39 is 9.84 Å². The molecular formula is C20H27N7O3S. The van der Waals surface area contributed by atoms with Crippen LogP contribution >= 0.6 is 0 Å². The van der Waals surface area contributed by atoms with Gasteiger partial charge in [-0.05, 0) is 25.7 Å². The Kier molecular flexibility index (Phi) is 5.17. The Hall–Kier alpha value is -2.53. The lowest BCUT2D eigenvalue weighted by Crippen LogP contribution is -2.38. The van der Waals surface area contributed by atoms with Gasteiger partial charge in [-0.25, -0.2) is 23.4 Å². The number of nitrogens with two attached hydrogens (primary N) is 1. The van der Waals surface area contributed by atoms with Crippen LogP contribution in [0.25, 0.3) is 11.3 Å². The van der Waals surface area contributed by atoms with Crippen LogP contribution in [0.2, 0.25) is 0 Å². The fourth-order valence-electron chi connectivity index (χ4n) is 4.82. The topological polar surface area (TPSA) is 127 Å². The molecule has 10 nitrogen and oxygen atoms in total. The molecule has 3 aliphatic rings. The molecule has 166 valence electrons. The van der Waals surface area contributed by atoms with Gasteiger partial charge < -0.3 is 20.3 Å². The maximum Gasteiger partial charge on any atom is 0.228 e. The summed E-state index contributed by atoms with van der Waals surface area (Å²) in [5.41, 5.74) is 8.38. The summed E-state index contributed by atoms with van der Waals surface area (Å²) < 4.78 is 29.6. The van der Waals surface area contributed by atoms with Gasteiger partial charge in [0.1, 0.15) is 15.7 Å². The highest BCUT2D eigenvalue weighted by Crippen LogP contribution is 2.40. The molecule has 0 unspecified atom stereocenters. The Morgan fingerprint density at radius 2 is 1.84 bits per heavy atom. The Labute approximate surface area is 181 Å². The molecule has 2 aliphatic heterocycles. The van der Waals surface area contributed by atoms with E-state index in [1.54, 1.807) is 12.4 Å². The third kappa shape index (κ3) is 3.91. The number of nitrogens with zero attached hydrogens (tertiary/aromatic N) is 6. The Morgan fingerprint density at radius 3 is 2.52 bits per heavy atom. The smallest absolute Gasteiger partial charge is 0.228 e. The molecule has 0 aromatic carbocycles. The van der Waals surface area contributed by atoms with Crippen LogP contribution in [-0.4, -0.2) is 78.7 Å². The van der Waals surface area contributed by atoms with Crippen LogP contribution in [0, 0.1) is 0 Å². The van der Waals surface area contributed by atoms with E-state index >= 15 is 0 Å². The fraction of sp³-hybridized carbons (Fsp3) is 0.600. The lowest BCUT2D eigenvalue weighted by Gasteiger charge is -2.30. The maximum atomic E-state index is 12.1. The molecule has 11 heteroatoms. The Morgan fingerprint density at radius 1 is 1.10 bits per heavy atom. The minimum absolute atomic E-state index is 0.170. The number of sulfone groups is 1. The first-order chi connectivity index (χ1) is 14.9. The standard InChI is InChI=1S/C20H27N7O3S/c1-31(28,29)15-3-2-14(10-15)27-5-4-16-17(13-11-22-19(21)23-12-13)24-20(25-18(16)27)26-6-8-30-9-7-26/h11-12,14-15H,2-10H2,1H3,(H2,21,22,23)/t14-,15+/m1/s1. The summed E-state index contributed by atoms with van der Waals surface area (Å²) >= 11 is 0. The SMILES string of the molecule is CS(=O)(=O)[C@H]1CC[C@@H](N2CCc3c(-c4cnc(N)nc4)nc(N4CCOCC4)nc32)C1. The average Bonchev–Trinajstić information content (AvgIpc) is 3.41. The molecule has 2 N–H and O–H groups in total. The number of anilines is 3. The zero-order valence-corrected chi connectivity index (χ0v) is 18.4. The van der Waals surface area contributed by atoms with Crippen LogP contribution in [0.15, 0.2) is 12.4 Å². The summed E-state index contributed by atoms with van der Waals surface area (Å²) in [5.74, 6) is 1.79. The average molecular weight is 446 g/mol. The molecule has 31 heavy (non-hydrogen) atoms. The van der Waals surface area contributed by atoms with E-state index in [2.05, 4.69) is 19.8 Å². The van der Waals surface area contributed by atoms with Crippen LogP contribution in [-0.2, 0) is 21.0 Å². The second-order valence-electron chi connectivity index (χ2n) is 8.47. The monoisotopic (exact) mass is 445 g/mol. The molecule has 2 fully saturated rings. The first-order valence-corrected chi connectivity index (χ1v) is 12.6. The minimum Gasteiger partial charge on any atom is -0.378 e.